The number of carbonyl (C=O) groups is 1. The van der Waals surface area contributed by atoms with Crippen LogP contribution >= 0.6 is 11.3 Å². The number of amides is 1. The monoisotopic (exact) mass is 456 g/mol. The molecule has 2 aromatic carbocycles. The second kappa shape index (κ2) is 12.1. The lowest BCUT2D eigenvalue weighted by molar-refractivity contribution is 0.0721. The van der Waals surface area contributed by atoms with Gasteiger partial charge in [0.2, 0.25) is 5.75 Å². The number of methoxy groups -OCH3 is 3. The van der Waals surface area contributed by atoms with Gasteiger partial charge < -0.3 is 23.8 Å². The number of nitrogens with zero attached hydrogens (tertiary/aromatic N) is 2. The maximum atomic E-state index is 13.0. The van der Waals surface area contributed by atoms with Crippen molar-refractivity contribution < 1.29 is 23.7 Å². The summed E-state index contributed by atoms with van der Waals surface area (Å²) in [6.07, 6.45) is 0.753. The number of hydrogen-bond acceptors (Lipinski definition) is 7. The normalized spacial score (nSPS) is 10.6. The molecule has 0 aliphatic heterocycles. The molecule has 0 saturated carbocycles. The average Bonchev–Trinajstić information content (AvgIpc) is 3.29. The van der Waals surface area contributed by atoms with Crippen LogP contribution in [0.25, 0.3) is 0 Å². The molecule has 0 bridgehead atoms. The third-order valence-electron chi connectivity index (χ3n) is 4.76. The first-order chi connectivity index (χ1) is 15.7. The van der Waals surface area contributed by atoms with E-state index in [1.165, 1.54) is 11.3 Å². The van der Waals surface area contributed by atoms with Crippen LogP contribution in [0.5, 0.6) is 17.2 Å². The van der Waals surface area contributed by atoms with E-state index in [0.29, 0.717) is 42.5 Å². The van der Waals surface area contributed by atoms with E-state index >= 15 is 0 Å². The van der Waals surface area contributed by atoms with Crippen molar-refractivity contribution in [3.63, 3.8) is 0 Å². The number of thiazole rings is 1. The molecule has 3 aromatic rings. The fraction of sp³-hybridized carbons (Fsp3) is 0.333. The molecule has 0 aliphatic carbocycles. The van der Waals surface area contributed by atoms with Gasteiger partial charge in [-0.2, -0.15) is 0 Å². The second-order valence-corrected chi connectivity index (χ2v) is 7.89. The van der Waals surface area contributed by atoms with Gasteiger partial charge >= 0.3 is 0 Å². The molecule has 8 heteroatoms. The fourth-order valence-corrected chi connectivity index (χ4v) is 3.89. The topological polar surface area (TPSA) is 70.1 Å². The van der Waals surface area contributed by atoms with E-state index in [9.17, 15) is 4.79 Å². The Morgan fingerprint density at radius 2 is 1.72 bits per heavy atom. The Morgan fingerprint density at radius 1 is 1.00 bits per heavy atom. The van der Waals surface area contributed by atoms with Crippen molar-refractivity contribution in [1.82, 2.24) is 9.88 Å². The van der Waals surface area contributed by atoms with Crippen molar-refractivity contribution in [1.29, 1.82) is 0 Å². The summed E-state index contributed by atoms with van der Waals surface area (Å²) in [5, 5.41) is 2.76. The van der Waals surface area contributed by atoms with E-state index < -0.39 is 0 Å². The first-order valence-electron chi connectivity index (χ1n) is 10.3. The molecular formula is C24H28N2O5S. The second-order valence-electron chi connectivity index (χ2n) is 6.95. The number of ether oxygens (including phenoxy) is 4. The zero-order valence-electron chi connectivity index (χ0n) is 18.6. The van der Waals surface area contributed by atoms with Gasteiger partial charge in [-0.25, -0.2) is 4.98 Å². The molecule has 1 heterocycles. The standard InChI is InChI=1S/C24H28N2O5S/c1-28-14-8-13-26(24(27)18-9-5-4-6-10-18)15-19-17-32-22(25-19)16-31-23-20(29-2)11-7-12-21(23)30-3/h4-7,9-12,17H,8,13-16H2,1-3H3. The molecule has 3 rings (SSSR count). The number of para-hydroxylation sites is 1. The van der Waals surface area contributed by atoms with Gasteiger partial charge in [0.05, 0.1) is 26.5 Å². The summed E-state index contributed by atoms with van der Waals surface area (Å²) in [5.74, 6) is 1.71. The van der Waals surface area contributed by atoms with Crippen LogP contribution in [0.1, 0.15) is 27.5 Å². The van der Waals surface area contributed by atoms with Crippen LogP contribution in [0.15, 0.2) is 53.9 Å². The summed E-state index contributed by atoms with van der Waals surface area (Å²) in [6, 6.07) is 14.8. The molecule has 0 fully saturated rings. The highest BCUT2D eigenvalue weighted by molar-refractivity contribution is 7.09. The Bertz CT molecular complexity index is 971. The zero-order valence-corrected chi connectivity index (χ0v) is 19.4. The Morgan fingerprint density at radius 3 is 2.38 bits per heavy atom. The molecule has 0 aliphatic rings. The van der Waals surface area contributed by atoms with Crippen LogP contribution in [0.4, 0.5) is 0 Å². The minimum absolute atomic E-state index is 0.0220. The van der Waals surface area contributed by atoms with Crippen LogP contribution in [-0.2, 0) is 17.9 Å². The molecule has 0 N–H and O–H groups in total. The van der Waals surface area contributed by atoms with Crippen LogP contribution in [0.2, 0.25) is 0 Å². The summed E-state index contributed by atoms with van der Waals surface area (Å²) < 4.78 is 21.9. The minimum Gasteiger partial charge on any atom is -0.493 e. The molecule has 32 heavy (non-hydrogen) atoms. The Kier molecular flexibility index (Phi) is 8.89. The number of hydrogen-bond donors (Lipinski definition) is 0. The van der Waals surface area contributed by atoms with E-state index in [-0.39, 0.29) is 12.5 Å². The van der Waals surface area contributed by atoms with Crippen molar-refractivity contribution in [2.75, 3.05) is 34.5 Å². The van der Waals surface area contributed by atoms with Gasteiger partial charge in [-0.15, -0.1) is 11.3 Å². The van der Waals surface area contributed by atoms with Crippen molar-refractivity contribution in [2.45, 2.75) is 19.6 Å². The lowest BCUT2D eigenvalue weighted by atomic mass is 10.2. The molecule has 1 amide bonds. The Balaban J connectivity index is 1.68. The molecule has 1 aromatic heterocycles. The number of carbonyl (C=O) groups excluding carboxylic acids is 1. The van der Waals surface area contributed by atoms with Gasteiger partial charge in [0.1, 0.15) is 11.6 Å². The summed E-state index contributed by atoms with van der Waals surface area (Å²) in [6.45, 7) is 1.88. The SMILES string of the molecule is COCCCN(Cc1csc(COc2c(OC)cccc2OC)n1)C(=O)c1ccccc1. The number of aromatic nitrogens is 1. The highest BCUT2D eigenvalue weighted by Gasteiger charge is 2.18. The predicted molar refractivity (Wildman–Crippen MR) is 124 cm³/mol. The quantitative estimate of drug-likeness (QED) is 0.376. The first kappa shape index (κ1) is 23.6. The maximum Gasteiger partial charge on any atom is 0.254 e. The first-order valence-corrected chi connectivity index (χ1v) is 11.1. The third-order valence-corrected chi connectivity index (χ3v) is 5.63. The summed E-state index contributed by atoms with van der Waals surface area (Å²) in [7, 11) is 4.84. The number of rotatable bonds is 12. The summed E-state index contributed by atoms with van der Waals surface area (Å²) in [4.78, 5) is 19.5. The molecule has 0 atom stereocenters. The Labute approximate surface area is 192 Å². The Hall–Kier alpha value is -3.10. The molecular weight excluding hydrogens is 428 g/mol. The van der Waals surface area contributed by atoms with Crippen LogP contribution < -0.4 is 14.2 Å². The van der Waals surface area contributed by atoms with Crippen LogP contribution in [0.3, 0.4) is 0 Å². The van der Waals surface area contributed by atoms with E-state index in [0.717, 1.165) is 17.1 Å². The van der Waals surface area contributed by atoms with Crippen molar-refractivity contribution in [3.8, 4) is 17.2 Å². The molecule has 0 radical (unpaired) electrons. The van der Waals surface area contributed by atoms with E-state index in [1.54, 1.807) is 26.2 Å². The summed E-state index contributed by atoms with van der Waals surface area (Å²) in [5.41, 5.74) is 1.48. The molecule has 0 saturated heterocycles. The average molecular weight is 457 g/mol. The van der Waals surface area contributed by atoms with Gasteiger partial charge in [-0.1, -0.05) is 24.3 Å². The fourth-order valence-electron chi connectivity index (χ4n) is 3.19. The molecule has 170 valence electrons. The van der Waals surface area contributed by atoms with Gasteiger partial charge in [0.25, 0.3) is 5.91 Å². The highest BCUT2D eigenvalue weighted by Crippen LogP contribution is 2.37. The van der Waals surface area contributed by atoms with Gasteiger partial charge in [-0.3, -0.25) is 4.79 Å². The highest BCUT2D eigenvalue weighted by atomic mass is 32.1. The smallest absolute Gasteiger partial charge is 0.254 e. The van der Waals surface area contributed by atoms with E-state index in [1.807, 2.05) is 53.9 Å². The lowest BCUT2D eigenvalue weighted by Gasteiger charge is -2.22. The van der Waals surface area contributed by atoms with E-state index in [4.69, 9.17) is 18.9 Å². The van der Waals surface area contributed by atoms with Crippen molar-refractivity contribution >= 4 is 17.2 Å². The predicted octanol–water partition coefficient (Wildman–Crippen LogP) is 4.42. The van der Waals surface area contributed by atoms with Crippen molar-refractivity contribution in [2.24, 2.45) is 0 Å². The number of benzene rings is 2. The largest absolute Gasteiger partial charge is 0.493 e. The summed E-state index contributed by atoms with van der Waals surface area (Å²) >= 11 is 1.49. The van der Waals surface area contributed by atoms with Crippen LogP contribution in [0, 0.1) is 0 Å². The maximum absolute atomic E-state index is 13.0. The van der Waals surface area contributed by atoms with Crippen LogP contribution in [-0.4, -0.2) is 50.3 Å². The molecule has 7 nitrogen and oxygen atoms in total. The van der Waals surface area contributed by atoms with E-state index in [2.05, 4.69) is 4.98 Å². The van der Waals surface area contributed by atoms with Gasteiger partial charge in [-0.05, 0) is 30.7 Å². The van der Waals surface area contributed by atoms with Gasteiger partial charge in [0, 0.05) is 31.2 Å². The lowest BCUT2D eigenvalue weighted by Crippen LogP contribution is -2.32. The van der Waals surface area contributed by atoms with Gasteiger partial charge in [0.15, 0.2) is 11.5 Å². The van der Waals surface area contributed by atoms with Crippen molar-refractivity contribution in [3.05, 3.63) is 70.2 Å². The molecule has 0 unspecified atom stereocenters. The minimum atomic E-state index is -0.0220. The molecule has 0 spiro atoms. The zero-order chi connectivity index (χ0) is 22.8. The third kappa shape index (κ3) is 6.21.